The van der Waals surface area contributed by atoms with Gasteiger partial charge in [-0.2, -0.15) is 0 Å². The Balaban J connectivity index is 0.971. The number of hydrogen-bond acceptors (Lipinski definition) is 4. The van der Waals surface area contributed by atoms with Gasteiger partial charge in [-0.05, 0) is 58.1 Å². The first-order chi connectivity index (χ1) is 30.2. The standard InChI is InChI=1S/C57H35N3O/c1-3-14-36(15-4-1)37-28-32-41(33-29-37)57-59-49-24-11-8-21-45(49)56(60-57)43-19-13-18-42(34-43)38-26-30-40(31-27-38)55-47-35-51-54(46-22-9-12-25-50(46)61-51)52(39-16-5-2-6-17-39)53(47)44-20-7-10-23-48(44)58-55/h1-35H. The molecule has 0 aliphatic rings. The first kappa shape index (κ1) is 34.8. The summed E-state index contributed by atoms with van der Waals surface area (Å²) in [6.07, 6.45) is 0. The number of para-hydroxylation sites is 3. The summed E-state index contributed by atoms with van der Waals surface area (Å²) in [7, 11) is 0. The maximum Gasteiger partial charge on any atom is 0.160 e. The van der Waals surface area contributed by atoms with E-state index in [9.17, 15) is 0 Å². The van der Waals surface area contributed by atoms with E-state index in [-0.39, 0.29) is 0 Å². The fraction of sp³-hybridized carbons (Fsp3) is 0. The quantitative estimate of drug-likeness (QED) is 0.158. The molecule has 12 aromatic rings. The summed E-state index contributed by atoms with van der Waals surface area (Å²) < 4.78 is 6.59. The summed E-state index contributed by atoms with van der Waals surface area (Å²) in [5.74, 6) is 0.702. The van der Waals surface area contributed by atoms with Crippen LogP contribution in [0.1, 0.15) is 0 Å². The lowest BCUT2D eigenvalue weighted by molar-refractivity contribution is 0.669. The van der Waals surface area contributed by atoms with E-state index < -0.39 is 0 Å². The van der Waals surface area contributed by atoms with E-state index in [1.54, 1.807) is 0 Å². The second-order valence-corrected chi connectivity index (χ2v) is 15.5. The first-order valence-electron chi connectivity index (χ1n) is 20.6. The largest absolute Gasteiger partial charge is 0.456 e. The molecule has 0 saturated carbocycles. The van der Waals surface area contributed by atoms with Crippen LogP contribution in [0.25, 0.3) is 122 Å². The van der Waals surface area contributed by atoms with Gasteiger partial charge in [0.1, 0.15) is 11.2 Å². The molecule has 0 unspecified atom stereocenters. The summed E-state index contributed by atoms with van der Waals surface area (Å²) >= 11 is 0. The Hall–Kier alpha value is -8.21. The van der Waals surface area contributed by atoms with Gasteiger partial charge in [-0.1, -0.05) is 182 Å². The summed E-state index contributed by atoms with van der Waals surface area (Å²) in [5.41, 5.74) is 15.3. The monoisotopic (exact) mass is 777 g/mol. The number of pyridine rings is 1. The van der Waals surface area contributed by atoms with Crippen LogP contribution < -0.4 is 0 Å². The Labute approximate surface area is 352 Å². The lowest BCUT2D eigenvalue weighted by Crippen LogP contribution is -1.95. The van der Waals surface area contributed by atoms with Gasteiger partial charge in [0.2, 0.25) is 0 Å². The minimum absolute atomic E-state index is 0.702. The molecule has 0 spiro atoms. The minimum atomic E-state index is 0.702. The van der Waals surface area contributed by atoms with Gasteiger partial charge in [0.05, 0.1) is 22.4 Å². The molecule has 0 atom stereocenters. The molecule has 0 amide bonds. The second-order valence-electron chi connectivity index (χ2n) is 15.5. The number of furan rings is 1. The normalized spacial score (nSPS) is 11.6. The van der Waals surface area contributed by atoms with E-state index in [1.807, 2.05) is 18.2 Å². The zero-order chi connectivity index (χ0) is 40.3. The number of aromatic nitrogens is 3. The van der Waals surface area contributed by atoms with E-state index in [0.29, 0.717) is 5.82 Å². The average Bonchev–Trinajstić information content (AvgIpc) is 3.71. The number of fused-ring (bicyclic) bond motifs is 7. The number of benzene rings is 9. The molecular formula is C57H35N3O. The lowest BCUT2D eigenvalue weighted by atomic mass is 9.89. The van der Waals surface area contributed by atoms with Crippen molar-refractivity contribution in [2.45, 2.75) is 0 Å². The zero-order valence-corrected chi connectivity index (χ0v) is 33.0. The SMILES string of the molecule is c1ccc(-c2ccc(-c3nc(-c4cccc(-c5ccc(-c6nc7ccccc7c7c(-c8ccccc8)c8c(cc67)oc6ccccc68)cc5)c4)c4ccccc4n3)cc2)cc1. The van der Waals surface area contributed by atoms with Crippen molar-refractivity contribution in [2.75, 3.05) is 0 Å². The van der Waals surface area contributed by atoms with E-state index in [0.717, 1.165) is 105 Å². The van der Waals surface area contributed by atoms with Crippen LogP contribution in [-0.2, 0) is 0 Å². The smallest absolute Gasteiger partial charge is 0.160 e. The van der Waals surface area contributed by atoms with Crippen molar-refractivity contribution in [3.8, 4) is 67.3 Å². The van der Waals surface area contributed by atoms with Crippen molar-refractivity contribution in [3.05, 3.63) is 212 Å². The predicted octanol–water partition coefficient (Wildman–Crippen LogP) is 15.2. The van der Waals surface area contributed by atoms with Gasteiger partial charge < -0.3 is 4.42 Å². The Morgan fingerprint density at radius 1 is 0.279 bits per heavy atom. The first-order valence-corrected chi connectivity index (χ1v) is 20.6. The molecule has 12 rings (SSSR count). The van der Waals surface area contributed by atoms with Crippen molar-refractivity contribution in [1.82, 2.24) is 15.0 Å². The number of rotatable bonds is 6. The molecule has 0 bridgehead atoms. The third kappa shape index (κ3) is 5.96. The molecule has 4 nitrogen and oxygen atoms in total. The van der Waals surface area contributed by atoms with Crippen molar-refractivity contribution in [2.24, 2.45) is 0 Å². The topological polar surface area (TPSA) is 51.8 Å². The summed E-state index contributed by atoms with van der Waals surface area (Å²) in [5, 5.41) is 6.59. The predicted molar refractivity (Wildman–Crippen MR) is 252 cm³/mol. The Kier molecular flexibility index (Phi) is 8.13. The van der Waals surface area contributed by atoms with Crippen LogP contribution in [0.5, 0.6) is 0 Å². The fourth-order valence-corrected chi connectivity index (χ4v) is 8.96. The van der Waals surface area contributed by atoms with Gasteiger partial charge in [0.25, 0.3) is 0 Å². The van der Waals surface area contributed by atoms with E-state index in [1.165, 1.54) is 10.9 Å². The van der Waals surface area contributed by atoms with Gasteiger partial charge in [0, 0.05) is 54.6 Å². The van der Waals surface area contributed by atoms with E-state index in [2.05, 4.69) is 194 Å². The van der Waals surface area contributed by atoms with Crippen LogP contribution in [0.3, 0.4) is 0 Å². The van der Waals surface area contributed by atoms with Gasteiger partial charge >= 0.3 is 0 Å². The molecule has 0 aliphatic heterocycles. The maximum atomic E-state index is 6.59. The van der Waals surface area contributed by atoms with Crippen LogP contribution in [0, 0.1) is 0 Å². The van der Waals surface area contributed by atoms with Gasteiger partial charge in [-0.25, -0.2) is 15.0 Å². The van der Waals surface area contributed by atoms with Crippen LogP contribution >= 0.6 is 0 Å². The van der Waals surface area contributed by atoms with Gasteiger partial charge in [-0.15, -0.1) is 0 Å². The zero-order valence-electron chi connectivity index (χ0n) is 33.0. The third-order valence-electron chi connectivity index (χ3n) is 11.9. The van der Waals surface area contributed by atoms with Crippen molar-refractivity contribution in [3.63, 3.8) is 0 Å². The molecule has 0 saturated heterocycles. The van der Waals surface area contributed by atoms with E-state index in [4.69, 9.17) is 19.4 Å². The highest BCUT2D eigenvalue weighted by molar-refractivity contribution is 6.27. The Morgan fingerprint density at radius 3 is 1.56 bits per heavy atom. The average molecular weight is 778 g/mol. The summed E-state index contributed by atoms with van der Waals surface area (Å²) in [4.78, 5) is 15.6. The van der Waals surface area contributed by atoms with Crippen molar-refractivity contribution in [1.29, 1.82) is 0 Å². The van der Waals surface area contributed by atoms with Crippen molar-refractivity contribution < 1.29 is 4.42 Å². The Bertz CT molecular complexity index is 3610. The lowest BCUT2D eigenvalue weighted by Gasteiger charge is -2.16. The molecule has 3 heterocycles. The van der Waals surface area contributed by atoms with Crippen LogP contribution in [0.2, 0.25) is 0 Å². The molecule has 4 heteroatoms. The van der Waals surface area contributed by atoms with Crippen LogP contribution in [0.15, 0.2) is 217 Å². The van der Waals surface area contributed by atoms with Crippen molar-refractivity contribution >= 4 is 54.5 Å². The summed E-state index contributed by atoms with van der Waals surface area (Å²) in [6, 6.07) is 74.4. The highest BCUT2D eigenvalue weighted by Gasteiger charge is 2.22. The molecular weight excluding hydrogens is 743 g/mol. The molecule has 0 N–H and O–H groups in total. The molecule has 3 aromatic heterocycles. The number of hydrogen-bond donors (Lipinski definition) is 0. The highest BCUT2D eigenvalue weighted by Crippen LogP contribution is 2.46. The highest BCUT2D eigenvalue weighted by atomic mass is 16.3. The molecule has 0 aliphatic carbocycles. The van der Waals surface area contributed by atoms with E-state index >= 15 is 0 Å². The Morgan fingerprint density at radius 2 is 0.803 bits per heavy atom. The second kappa shape index (κ2) is 14.3. The van der Waals surface area contributed by atoms with Gasteiger partial charge in [0.15, 0.2) is 5.82 Å². The fourth-order valence-electron chi connectivity index (χ4n) is 8.96. The van der Waals surface area contributed by atoms with Gasteiger partial charge in [-0.3, -0.25) is 0 Å². The maximum absolute atomic E-state index is 6.59. The molecule has 61 heavy (non-hydrogen) atoms. The number of nitrogens with zero attached hydrogens (tertiary/aromatic N) is 3. The molecule has 0 fully saturated rings. The molecule has 0 radical (unpaired) electrons. The third-order valence-corrected chi connectivity index (χ3v) is 11.9. The summed E-state index contributed by atoms with van der Waals surface area (Å²) in [6.45, 7) is 0. The molecule has 9 aromatic carbocycles. The van der Waals surface area contributed by atoms with Crippen LogP contribution in [-0.4, -0.2) is 15.0 Å². The van der Waals surface area contributed by atoms with Crippen LogP contribution in [0.4, 0.5) is 0 Å². The minimum Gasteiger partial charge on any atom is -0.456 e. The molecule has 284 valence electrons.